The summed E-state index contributed by atoms with van der Waals surface area (Å²) in [6, 6.07) is 10.6. The number of hydrogen-bond acceptors (Lipinski definition) is 6. The number of piperidine rings is 1. The van der Waals surface area contributed by atoms with Crippen molar-refractivity contribution < 1.29 is 9.90 Å². The molecule has 0 bridgehead atoms. The molecule has 1 unspecified atom stereocenters. The van der Waals surface area contributed by atoms with E-state index >= 15 is 0 Å². The molecule has 3 rings (SSSR count). The molecule has 25 heavy (non-hydrogen) atoms. The Morgan fingerprint density at radius 1 is 1.40 bits per heavy atom. The van der Waals surface area contributed by atoms with E-state index in [1.165, 1.54) is 0 Å². The Morgan fingerprint density at radius 2 is 2.16 bits per heavy atom. The van der Waals surface area contributed by atoms with E-state index in [1.807, 2.05) is 4.90 Å². The number of para-hydroxylation sites is 1. The fourth-order valence-corrected chi connectivity index (χ4v) is 3.17. The van der Waals surface area contributed by atoms with Crippen LogP contribution in [0.4, 0.5) is 11.5 Å². The average molecular weight is 337 g/mol. The molecule has 1 fully saturated rings. The van der Waals surface area contributed by atoms with Crippen LogP contribution in [0, 0.1) is 17.2 Å². The number of nitrogens with zero attached hydrogens (tertiary/aromatic N) is 3. The molecule has 0 saturated carbocycles. The number of amides is 1. The summed E-state index contributed by atoms with van der Waals surface area (Å²) in [5.41, 5.74) is 13.3. The van der Waals surface area contributed by atoms with Crippen LogP contribution in [0.15, 0.2) is 30.3 Å². The first-order valence-electron chi connectivity index (χ1n) is 8.04. The predicted octanol–water partition coefficient (Wildman–Crippen LogP) is 1.61. The second-order valence-electron chi connectivity index (χ2n) is 6.10. The van der Waals surface area contributed by atoms with Gasteiger partial charge in [0.2, 0.25) is 5.91 Å². The second-order valence-corrected chi connectivity index (χ2v) is 6.10. The Morgan fingerprint density at radius 3 is 2.84 bits per heavy atom. The highest BCUT2D eigenvalue weighted by Gasteiger charge is 2.27. The van der Waals surface area contributed by atoms with E-state index in [0.29, 0.717) is 30.0 Å². The molecule has 7 heteroatoms. The maximum atomic E-state index is 11.5. The van der Waals surface area contributed by atoms with Gasteiger partial charge in [0, 0.05) is 18.7 Å². The van der Waals surface area contributed by atoms with E-state index in [9.17, 15) is 15.2 Å². The largest absolute Gasteiger partial charge is 0.507 e. The number of phenols is 1. The monoisotopic (exact) mass is 337 g/mol. The number of primary amides is 1. The van der Waals surface area contributed by atoms with Gasteiger partial charge >= 0.3 is 0 Å². The molecule has 0 radical (unpaired) electrons. The lowest BCUT2D eigenvalue weighted by molar-refractivity contribution is -0.122. The SMILES string of the molecule is N#Cc1c(N2CCCC(C(N)=O)C2)cc(-c2ccccc2O)nc1N. The number of benzene rings is 1. The Bertz CT molecular complexity index is 859. The van der Waals surface area contributed by atoms with Gasteiger partial charge in [-0.1, -0.05) is 12.1 Å². The minimum absolute atomic E-state index is 0.0821. The van der Waals surface area contributed by atoms with Gasteiger partial charge in [0.25, 0.3) is 0 Å². The van der Waals surface area contributed by atoms with Crippen LogP contribution in [-0.4, -0.2) is 29.1 Å². The Kier molecular flexibility index (Phi) is 4.44. The summed E-state index contributed by atoms with van der Waals surface area (Å²) in [5, 5.41) is 19.6. The molecule has 0 spiro atoms. The molecule has 2 heterocycles. The lowest BCUT2D eigenvalue weighted by Crippen LogP contribution is -2.41. The van der Waals surface area contributed by atoms with Crippen molar-refractivity contribution in [2.24, 2.45) is 11.7 Å². The first kappa shape index (κ1) is 16.6. The summed E-state index contributed by atoms with van der Waals surface area (Å²) in [4.78, 5) is 17.8. The van der Waals surface area contributed by atoms with Crippen LogP contribution in [-0.2, 0) is 4.79 Å². The van der Waals surface area contributed by atoms with E-state index in [4.69, 9.17) is 11.5 Å². The number of aromatic nitrogens is 1. The third-order valence-electron chi connectivity index (χ3n) is 4.48. The van der Waals surface area contributed by atoms with Crippen molar-refractivity contribution in [1.29, 1.82) is 5.26 Å². The zero-order valence-electron chi connectivity index (χ0n) is 13.6. The zero-order valence-corrected chi connectivity index (χ0v) is 13.6. The van der Waals surface area contributed by atoms with E-state index in [-0.39, 0.29) is 29.0 Å². The summed E-state index contributed by atoms with van der Waals surface area (Å²) < 4.78 is 0. The van der Waals surface area contributed by atoms with Crippen molar-refractivity contribution in [2.45, 2.75) is 12.8 Å². The number of carbonyl (C=O) groups is 1. The summed E-state index contributed by atoms with van der Waals surface area (Å²) in [6.07, 6.45) is 1.53. The van der Waals surface area contributed by atoms with Crippen LogP contribution >= 0.6 is 0 Å². The normalized spacial score (nSPS) is 17.1. The molecule has 1 amide bonds. The van der Waals surface area contributed by atoms with E-state index < -0.39 is 0 Å². The van der Waals surface area contributed by atoms with Crippen LogP contribution in [0.25, 0.3) is 11.3 Å². The Labute approximate surface area is 145 Å². The number of nitrogens with two attached hydrogens (primary N) is 2. The minimum atomic E-state index is -0.342. The molecule has 1 atom stereocenters. The van der Waals surface area contributed by atoms with Crippen molar-refractivity contribution in [1.82, 2.24) is 4.98 Å². The number of hydrogen-bond donors (Lipinski definition) is 3. The van der Waals surface area contributed by atoms with Gasteiger partial charge in [0.15, 0.2) is 0 Å². The third-order valence-corrected chi connectivity index (χ3v) is 4.48. The summed E-state index contributed by atoms with van der Waals surface area (Å²) >= 11 is 0. The lowest BCUT2D eigenvalue weighted by Gasteiger charge is -2.33. The molecule has 7 nitrogen and oxygen atoms in total. The van der Waals surface area contributed by atoms with Crippen molar-refractivity contribution in [3.8, 4) is 23.1 Å². The minimum Gasteiger partial charge on any atom is -0.507 e. The van der Waals surface area contributed by atoms with E-state index in [1.54, 1.807) is 30.3 Å². The number of pyridine rings is 1. The number of nitrogen functional groups attached to an aromatic ring is 1. The molecule has 1 aromatic heterocycles. The summed E-state index contributed by atoms with van der Waals surface area (Å²) in [7, 11) is 0. The molecule has 5 N–H and O–H groups in total. The van der Waals surface area contributed by atoms with Crippen LogP contribution < -0.4 is 16.4 Å². The topological polar surface area (TPSA) is 129 Å². The van der Waals surface area contributed by atoms with Gasteiger partial charge in [0.05, 0.1) is 17.3 Å². The van der Waals surface area contributed by atoms with E-state index in [0.717, 1.165) is 12.8 Å². The van der Waals surface area contributed by atoms with Gasteiger partial charge in [0.1, 0.15) is 23.2 Å². The van der Waals surface area contributed by atoms with Gasteiger partial charge in [-0.2, -0.15) is 5.26 Å². The van der Waals surface area contributed by atoms with Crippen molar-refractivity contribution >= 4 is 17.4 Å². The average Bonchev–Trinajstić information content (AvgIpc) is 2.61. The van der Waals surface area contributed by atoms with Gasteiger partial charge in [-0.25, -0.2) is 4.98 Å². The molecule has 1 saturated heterocycles. The molecule has 1 aliphatic rings. The number of anilines is 2. The number of phenolic OH excluding ortho intramolecular Hbond substituents is 1. The van der Waals surface area contributed by atoms with Gasteiger partial charge in [-0.3, -0.25) is 4.79 Å². The first-order chi connectivity index (χ1) is 12.0. The van der Waals surface area contributed by atoms with Crippen LogP contribution in [0.5, 0.6) is 5.75 Å². The quantitative estimate of drug-likeness (QED) is 0.780. The summed E-state index contributed by atoms with van der Waals surface area (Å²) in [5.74, 6) is -0.424. The molecular weight excluding hydrogens is 318 g/mol. The first-order valence-corrected chi connectivity index (χ1v) is 8.04. The van der Waals surface area contributed by atoms with Crippen LogP contribution in [0.3, 0.4) is 0 Å². The molecule has 0 aliphatic carbocycles. The van der Waals surface area contributed by atoms with Crippen molar-refractivity contribution in [3.05, 3.63) is 35.9 Å². The molecule has 2 aromatic rings. The summed E-state index contributed by atoms with van der Waals surface area (Å²) in [6.45, 7) is 1.13. The van der Waals surface area contributed by atoms with Crippen molar-refractivity contribution in [3.63, 3.8) is 0 Å². The van der Waals surface area contributed by atoms with Gasteiger partial charge in [-0.15, -0.1) is 0 Å². The fourth-order valence-electron chi connectivity index (χ4n) is 3.17. The zero-order chi connectivity index (χ0) is 18.0. The molecular formula is C18H19N5O2. The Balaban J connectivity index is 2.08. The number of nitriles is 1. The maximum absolute atomic E-state index is 11.5. The third kappa shape index (κ3) is 3.19. The lowest BCUT2D eigenvalue weighted by atomic mass is 9.96. The van der Waals surface area contributed by atoms with Crippen LogP contribution in [0.2, 0.25) is 0 Å². The van der Waals surface area contributed by atoms with E-state index in [2.05, 4.69) is 11.1 Å². The number of rotatable bonds is 3. The maximum Gasteiger partial charge on any atom is 0.222 e. The smallest absolute Gasteiger partial charge is 0.222 e. The number of carbonyl (C=O) groups excluding carboxylic acids is 1. The second kappa shape index (κ2) is 6.69. The predicted molar refractivity (Wildman–Crippen MR) is 94.6 cm³/mol. The number of aromatic hydroxyl groups is 1. The van der Waals surface area contributed by atoms with Gasteiger partial charge in [-0.05, 0) is 31.0 Å². The molecule has 1 aromatic carbocycles. The van der Waals surface area contributed by atoms with Crippen LogP contribution in [0.1, 0.15) is 18.4 Å². The standard InChI is InChI=1S/C18H19N5O2/c19-9-13-15(23-7-3-4-11(10-23)18(21)25)8-14(22-17(13)20)12-5-1-2-6-16(12)24/h1-2,5-6,8,11,24H,3-4,7,10H2,(H2,20,22)(H2,21,25). The Hall–Kier alpha value is -3.27. The fraction of sp³-hybridized carbons (Fsp3) is 0.278. The van der Waals surface area contributed by atoms with Crippen molar-refractivity contribution in [2.75, 3.05) is 23.7 Å². The van der Waals surface area contributed by atoms with Gasteiger partial charge < -0.3 is 21.5 Å². The highest BCUT2D eigenvalue weighted by Crippen LogP contribution is 2.35. The highest BCUT2D eigenvalue weighted by molar-refractivity contribution is 5.80. The molecule has 128 valence electrons. The molecule has 1 aliphatic heterocycles. The highest BCUT2D eigenvalue weighted by atomic mass is 16.3.